The van der Waals surface area contributed by atoms with Crippen molar-refractivity contribution in [1.82, 2.24) is 4.57 Å². The van der Waals surface area contributed by atoms with Gasteiger partial charge in [-0.1, -0.05) is 52.8 Å². The molecule has 180 valence electrons. The second-order valence-electron chi connectivity index (χ2n) is 11.1. The lowest BCUT2D eigenvalue weighted by Gasteiger charge is -2.42. The number of carbonyl (C=O) groups is 1. The van der Waals surface area contributed by atoms with Gasteiger partial charge in [-0.05, 0) is 90.0 Å². The molecule has 4 heteroatoms. The molecule has 3 aromatic rings. The lowest BCUT2D eigenvalue weighted by atomic mass is 9.62. The van der Waals surface area contributed by atoms with Crippen LogP contribution in [0.2, 0.25) is 0 Å². The number of benzene rings is 2. The zero-order valence-electron chi connectivity index (χ0n) is 21.4. The van der Waals surface area contributed by atoms with E-state index in [1.165, 1.54) is 40.8 Å². The second-order valence-corrected chi connectivity index (χ2v) is 11.1. The van der Waals surface area contributed by atoms with Gasteiger partial charge in [0.25, 0.3) is 5.91 Å². The Morgan fingerprint density at radius 3 is 2.15 bits per heavy atom. The van der Waals surface area contributed by atoms with Gasteiger partial charge in [0.15, 0.2) is 0 Å². The minimum atomic E-state index is -0.406. The van der Waals surface area contributed by atoms with Crippen LogP contribution < -0.4 is 5.73 Å². The maximum absolute atomic E-state index is 13.4. The van der Waals surface area contributed by atoms with Crippen LogP contribution >= 0.6 is 0 Å². The van der Waals surface area contributed by atoms with Crippen molar-refractivity contribution in [3.05, 3.63) is 81.8 Å². The molecule has 0 bridgehead atoms. The number of amides is 1. The number of carbonyl (C=O) groups excluding carboxylic acids is 1. The standard InChI is InChI=1S/C30H37FN2O/c1-7-21-16-25-26(30(5,6)14-13-29(25,3)4)17-24(21)27-18-23(28(32)34)19(2)33(27)15-12-20-8-10-22(31)11-9-20/h8-11,16-18H,7,12-15H2,1-6H3,(H2,32,34). The fourth-order valence-corrected chi connectivity index (χ4v) is 5.49. The van der Waals surface area contributed by atoms with E-state index in [-0.39, 0.29) is 16.6 Å². The normalized spacial score (nSPS) is 16.3. The third-order valence-corrected chi connectivity index (χ3v) is 7.90. The summed E-state index contributed by atoms with van der Waals surface area (Å²) in [5.41, 5.74) is 14.9. The molecule has 1 aromatic heterocycles. The fourth-order valence-electron chi connectivity index (χ4n) is 5.49. The number of fused-ring (bicyclic) bond motifs is 1. The Kier molecular flexibility index (Phi) is 6.22. The number of rotatable bonds is 6. The fraction of sp³-hybridized carbons (Fsp3) is 0.433. The molecule has 1 aliphatic rings. The first kappa shape index (κ1) is 24.3. The summed E-state index contributed by atoms with van der Waals surface area (Å²) in [5, 5.41) is 0. The minimum absolute atomic E-state index is 0.0962. The van der Waals surface area contributed by atoms with Crippen LogP contribution in [-0.2, 0) is 30.2 Å². The monoisotopic (exact) mass is 460 g/mol. The van der Waals surface area contributed by atoms with E-state index in [2.05, 4.69) is 51.3 Å². The number of nitrogens with zero attached hydrogens (tertiary/aromatic N) is 1. The Bertz CT molecular complexity index is 1230. The highest BCUT2D eigenvalue weighted by atomic mass is 19.1. The Labute approximate surface area is 203 Å². The molecule has 2 N–H and O–H groups in total. The highest BCUT2D eigenvalue weighted by Crippen LogP contribution is 2.48. The predicted octanol–water partition coefficient (Wildman–Crippen LogP) is 6.86. The zero-order chi connectivity index (χ0) is 24.8. The maximum Gasteiger partial charge on any atom is 0.250 e. The molecule has 0 radical (unpaired) electrons. The molecular formula is C30H37FN2O. The van der Waals surface area contributed by atoms with E-state index in [0.717, 1.165) is 36.2 Å². The molecule has 0 spiro atoms. The molecule has 2 aromatic carbocycles. The molecule has 1 amide bonds. The molecule has 0 unspecified atom stereocenters. The van der Waals surface area contributed by atoms with E-state index in [0.29, 0.717) is 12.1 Å². The minimum Gasteiger partial charge on any atom is -0.366 e. The van der Waals surface area contributed by atoms with Gasteiger partial charge in [0, 0.05) is 23.5 Å². The van der Waals surface area contributed by atoms with E-state index < -0.39 is 5.91 Å². The summed E-state index contributed by atoms with van der Waals surface area (Å²) in [6, 6.07) is 13.4. The SMILES string of the molecule is CCc1cc2c(cc1-c1cc(C(N)=O)c(C)n1CCc1ccc(F)cc1)C(C)(C)CCC2(C)C. The Balaban J connectivity index is 1.87. The second kappa shape index (κ2) is 8.72. The van der Waals surface area contributed by atoms with Crippen molar-refractivity contribution in [3.63, 3.8) is 0 Å². The van der Waals surface area contributed by atoms with Crippen molar-refractivity contribution in [2.24, 2.45) is 5.73 Å². The molecule has 0 fully saturated rings. The van der Waals surface area contributed by atoms with Crippen LogP contribution in [0.25, 0.3) is 11.3 Å². The molecule has 1 heterocycles. The smallest absolute Gasteiger partial charge is 0.250 e. The van der Waals surface area contributed by atoms with Crippen LogP contribution in [0.4, 0.5) is 4.39 Å². The first-order chi connectivity index (χ1) is 15.9. The van der Waals surface area contributed by atoms with Crippen LogP contribution in [0.5, 0.6) is 0 Å². The van der Waals surface area contributed by atoms with Gasteiger partial charge in [0.2, 0.25) is 0 Å². The summed E-state index contributed by atoms with van der Waals surface area (Å²) in [7, 11) is 0. The van der Waals surface area contributed by atoms with Gasteiger partial charge in [-0.2, -0.15) is 0 Å². The van der Waals surface area contributed by atoms with E-state index in [4.69, 9.17) is 5.73 Å². The molecule has 3 nitrogen and oxygen atoms in total. The van der Waals surface area contributed by atoms with Crippen molar-refractivity contribution < 1.29 is 9.18 Å². The molecule has 0 aliphatic heterocycles. The first-order valence-electron chi connectivity index (χ1n) is 12.4. The lowest BCUT2D eigenvalue weighted by molar-refractivity contribution is 0.0999. The highest BCUT2D eigenvalue weighted by molar-refractivity contribution is 5.96. The number of aryl methyl sites for hydroxylation is 2. The summed E-state index contributed by atoms with van der Waals surface area (Å²) < 4.78 is 15.6. The number of hydrogen-bond donors (Lipinski definition) is 1. The molecule has 0 saturated carbocycles. The summed E-state index contributed by atoms with van der Waals surface area (Å²) in [6.45, 7) is 14.2. The summed E-state index contributed by atoms with van der Waals surface area (Å²) >= 11 is 0. The summed E-state index contributed by atoms with van der Waals surface area (Å²) in [5.74, 6) is -0.637. The number of hydrogen-bond acceptors (Lipinski definition) is 1. The summed E-state index contributed by atoms with van der Waals surface area (Å²) in [6.07, 6.45) is 3.97. The van der Waals surface area contributed by atoms with Crippen LogP contribution in [0.3, 0.4) is 0 Å². The van der Waals surface area contributed by atoms with Crippen LogP contribution in [-0.4, -0.2) is 10.5 Å². The van der Waals surface area contributed by atoms with Crippen LogP contribution in [0.1, 0.15) is 85.8 Å². The third kappa shape index (κ3) is 4.31. The number of halogens is 1. The van der Waals surface area contributed by atoms with Gasteiger partial charge in [-0.25, -0.2) is 4.39 Å². The van der Waals surface area contributed by atoms with Crippen molar-refractivity contribution in [1.29, 1.82) is 0 Å². The molecule has 1 aliphatic carbocycles. The average molecular weight is 461 g/mol. The van der Waals surface area contributed by atoms with E-state index in [1.807, 2.05) is 25.1 Å². The van der Waals surface area contributed by atoms with Crippen molar-refractivity contribution in [2.45, 2.75) is 84.6 Å². The third-order valence-electron chi connectivity index (χ3n) is 7.90. The van der Waals surface area contributed by atoms with Gasteiger partial charge in [-0.3, -0.25) is 4.79 Å². The molecule has 34 heavy (non-hydrogen) atoms. The largest absolute Gasteiger partial charge is 0.366 e. The number of primary amides is 1. The molecular weight excluding hydrogens is 423 g/mol. The van der Waals surface area contributed by atoms with E-state index >= 15 is 0 Å². The first-order valence-corrected chi connectivity index (χ1v) is 12.4. The van der Waals surface area contributed by atoms with Crippen LogP contribution in [0, 0.1) is 12.7 Å². The molecule has 0 atom stereocenters. The quantitative estimate of drug-likeness (QED) is 0.429. The van der Waals surface area contributed by atoms with Gasteiger partial charge < -0.3 is 10.3 Å². The van der Waals surface area contributed by atoms with E-state index in [9.17, 15) is 9.18 Å². The maximum atomic E-state index is 13.4. The number of nitrogens with two attached hydrogens (primary N) is 1. The average Bonchev–Trinajstić information content (AvgIpc) is 3.12. The van der Waals surface area contributed by atoms with Gasteiger partial charge in [0.05, 0.1) is 5.56 Å². The van der Waals surface area contributed by atoms with E-state index in [1.54, 1.807) is 0 Å². The molecule has 4 rings (SSSR count). The lowest BCUT2D eigenvalue weighted by Crippen LogP contribution is -2.34. The number of aromatic nitrogens is 1. The van der Waals surface area contributed by atoms with Crippen molar-refractivity contribution >= 4 is 5.91 Å². The van der Waals surface area contributed by atoms with Crippen molar-refractivity contribution in [3.8, 4) is 11.3 Å². The van der Waals surface area contributed by atoms with Gasteiger partial charge in [-0.15, -0.1) is 0 Å². The van der Waals surface area contributed by atoms with Gasteiger partial charge in [0.1, 0.15) is 5.82 Å². The molecule has 0 saturated heterocycles. The van der Waals surface area contributed by atoms with Crippen LogP contribution in [0.15, 0.2) is 42.5 Å². The zero-order valence-corrected chi connectivity index (χ0v) is 21.4. The summed E-state index contributed by atoms with van der Waals surface area (Å²) in [4.78, 5) is 12.3. The highest BCUT2D eigenvalue weighted by Gasteiger charge is 2.38. The predicted molar refractivity (Wildman–Crippen MR) is 138 cm³/mol. The Morgan fingerprint density at radius 2 is 1.59 bits per heavy atom. The van der Waals surface area contributed by atoms with Gasteiger partial charge >= 0.3 is 0 Å². The van der Waals surface area contributed by atoms with Crippen molar-refractivity contribution in [2.75, 3.05) is 0 Å². The Morgan fingerprint density at radius 1 is 1.00 bits per heavy atom. The topological polar surface area (TPSA) is 48.0 Å². The Hall–Kier alpha value is -2.88.